The molecule has 6 heteroatoms. The van der Waals surface area contributed by atoms with Gasteiger partial charge in [0.2, 0.25) is 0 Å². The molecular weight excluding hydrogens is 236 g/mol. The van der Waals surface area contributed by atoms with Crippen LogP contribution in [0.15, 0.2) is 30.3 Å². The Morgan fingerprint density at radius 1 is 1.22 bits per heavy atom. The minimum Gasteiger partial charge on any atom is -0.481 e. The van der Waals surface area contributed by atoms with Crippen molar-refractivity contribution in [2.24, 2.45) is 11.5 Å². The van der Waals surface area contributed by atoms with Crippen LogP contribution in [-0.2, 0) is 20.9 Å². The molecule has 0 saturated carbocycles. The van der Waals surface area contributed by atoms with Crippen LogP contribution >= 0.6 is 0 Å². The summed E-state index contributed by atoms with van der Waals surface area (Å²) in [4.78, 5) is 22.0. The number of hydrogen-bond donors (Lipinski definition) is 3. The van der Waals surface area contributed by atoms with Gasteiger partial charge in [-0.2, -0.15) is 0 Å². The predicted molar refractivity (Wildman–Crippen MR) is 64.2 cm³/mol. The summed E-state index contributed by atoms with van der Waals surface area (Å²) in [5.41, 5.74) is 10.1. The first-order valence-corrected chi connectivity index (χ1v) is 5.42. The average Bonchev–Trinajstić information content (AvgIpc) is 2.35. The number of aliphatic carboxylic acids is 1. The SMILES string of the molecule is NC(N)(CCC(=O)O)C(=O)OCc1ccccc1. The molecule has 0 radical (unpaired) electrons. The maximum Gasteiger partial charge on any atom is 0.341 e. The highest BCUT2D eigenvalue weighted by atomic mass is 16.5. The van der Waals surface area contributed by atoms with Gasteiger partial charge in [-0.1, -0.05) is 30.3 Å². The average molecular weight is 252 g/mol. The molecule has 18 heavy (non-hydrogen) atoms. The Kier molecular flexibility index (Phi) is 4.82. The van der Waals surface area contributed by atoms with Crippen molar-refractivity contribution in [1.82, 2.24) is 0 Å². The molecule has 0 aliphatic heterocycles. The topological polar surface area (TPSA) is 116 Å². The van der Waals surface area contributed by atoms with Crippen molar-refractivity contribution < 1.29 is 19.4 Å². The number of ether oxygens (including phenoxy) is 1. The minimum atomic E-state index is -1.77. The van der Waals surface area contributed by atoms with E-state index in [9.17, 15) is 9.59 Å². The van der Waals surface area contributed by atoms with Gasteiger partial charge in [-0.25, -0.2) is 4.79 Å². The molecule has 0 aliphatic carbocycles. The van der Waals surface area contributed by atoms with Crippen LogP contribution in [-0.4, -0.2) is 22.7 Å². The Balaban J connectivity index is 2.46. The molecular formula is C12H16N2O4. The van der Waals surface area contributed by atoms with Crippen LogP contribution in [0.1, 0.15) is 18.4 Å². The Labute approximate surface area is 105 Å². The third-order valence-corrected chi connectivity index (χ3v) is 2.35. The molecule has 0 saturated heterocycles. The lowest BCUT2D eigenvalue weighted by molar-refractivity contribution is -0.152. The van der Waals surface area contributed by atoms with Gasteiger partial charge < -0.3 is 21.3 Å². The first-order chi connectivity index (χ1) is 8.42. The van der Waals surface area contributed by atoms with E-state index in [0.29, 0.717) is 0 Å². The number of carbonyl (C=O) groups excluding carboxylic acids is 1. The lowest BCUT2D eigenvalue weighted by atomic mass is 10.1. The molecule has 0 fully saturated rings. The fraction of sp³-hybridized carbons (Fsp3) is 0.333. The Morgan fingerprint density at radius 3 is 2.39 bits per heavy atom. The normalized spacial score (nSPS) is 11.0. The zero-order chi connectivity index (χ0) is 13.6. The van der Waals surface area contributed by atoms with Gasteiger partial charge in [0.1, 0.15) is 6.61 Å². The van der Waals surface area contributed by atoms with Gasteiger partial charge >= 0.3 is 11.9 Å². The van der Waals surface area contributed by atoms with Crippen molar-refractivity contribution in [3.05, 3.63) is 35.9 Å². The molecule has 0 atom stereocenters. The fourth-order valence-corrected chi connectivity index (χ4v) is 1.27. The highest BCUT2D eigenvalue weighted by Gasteiger charge is 2.31. The Hall–Kier alpha value is -1.92. The summed E-state index contributed by atoms with van der Waals surface area (Å²) in [7, 11) is 0. The zero-order valence-corrected chi connectivity index (χ0v) is 9.83. The van der Waals surface area contributed by atoms with Gasteiger partial charge in [-0.3, -0.25) is 4.79 Å². The summed E-state index contributed by atoms with van der Waals surface area (Å²) in [6.45, 7) is 0.0584. The van der Waals surface area contributed by atoms with Crippen LogP contribution in [0.4, 0.5) is 0 Å². The van der Waals surface area contributed by atoms with Gasteiger partial charge in [0.25, 0.3) is 0 Å². The molecule has 0 aromatic heterocycles. The maximum absolute atomic E-state index is 11.6. The van der Waals surface area contributed by atoms with Crippen molar-refractivity contribution in [3.8, 4) is 0 Å². The first kappa shape index (κ1) is 14.1. The highest BCUT2D eigenvalue weighted by Crippen LogP contribution is 2.08. The maximum atomic E-state index is 11.6. The number of benzene rings is 1. The van der Waals surface area contributed by atoms with E-state index in [4.69, 9.17) is 21.3 Å². The van der Waals surface area contributed by atoms with Gasteiger partial charge in [-0.15, -0.1) is 0 Å². The fourth-order valence-electron chi connectivity index (χ4n) is 1.27. The van der Waals surface area contributed by atoms with E-state index in [1.54, 1.807) is 12.1 Å². The Morgan fingerprint density at radius 2 is 1.83 bits per heavy atom. The van der Waals surface area contributed by atoms with E-state index in [1.165, 1.54) is 0 Å². The lowest BCUT2D eigenvalue weighted by Gasteiger charge is -2.21. The van der Waals surface area contributed by atoms with Crippen molar-refractivity contribution >= 4 is 11.9 Å². The summed E-state index contributed by atoms with van der Waals surface area (Å²) in [6, 6.07) is 9.05. The Bertz CT molecular complexity index is 417. The van der Waals surface area contributed by atoms with Crippen LogP contribution in [0.25, 0.3) is 0 Å². The number of carbonyl (C=O) groups is 2. The highest BCUT2D eigenvalue weighted by molar-refractivity contribution is 5.80. The third kappa shape index (κ3) is 4.52. The van der Waals surface area contributed by atoms with E-state index in [-0.39, 0.29) is 19.4 Å². The third-order valence-electron chi connectivity index (χ3n) is 2.35. The smallest absolute Gasteiger partial charge is 0.341 e. The molecule has 0 heterocycles. The number of hydrogen-bond acceptors (Lipinski definition) is 5. The van der Waals surface area contributed by atoms with Crippen molar-refractivity contribution in [2.75, 3.05) is 0 Å². The second-order valence-electron chi connectivity index (χ2n) is 4.00. The first-order valence-electron chi connectivity index (χ1n) is 5.42. The molecule has 0 spiro atoms. The summed E-state index contributed by atoms with van der Waals surface area (Å²) in [5.74, 6) is -1.88. The second-order valence-corrected chi connectivity index (χ2v) is 4.00. The van der Waals surface area contributed by atoms with Crippen LogP contribution in [0.5, 0.6) is 0 Å². The molecule has 0 aliphatic rings. The van der Waals surface area contributed by atoms with Crippen molar-refractivity contribution in [3.63, 3.8) is 0 Å². The molecule has 0 bridgehead atoms. The van der Waals surface area contributed by atoms with Crippen LogP contribution in [0, 0.1) is 0 Å². The van der Waals surface area contributed by atoms with Crippen LogP contribution in [0.3, 0.4) is 0 Å². The number of nitrogens with two attached hydrogens (primary N) is 2. The molecule has 6 nitrogen and oxygen atoms in total. The summed E-state index contributed by atoms with van der Waals surface area (Å²) >= 11 is 0. The summed E-state index contributed by atoms with van der Waals surface area (Å²) < 4.78 is 4.94. The van der Waals surface area contributed by atoms with Gasteiger partial charge in [0, 0.05) is 6.42 Å². The lowest BCUT2D eigenvalue weighted by Crippen LogP contribution is -2.57. The number of carboxylic acid groups (broad SMARTS) is 1. The number of carboxylic acids is 1. The predicted octanol–water partition coefficient (Wildman–Crippen LogP) is 0.208. The number of esters is 1. The van der Waals surface area contributed by atoms with Gasteiger partial charge in [0.05, 0.1) is 0 Å². The summed E-state index contributed by atoms with van der Waals surface area (Å²) in [5, 5.41) is 8.50. The van der Waals surface area contributed by atoms with Crippen LogP contribution < -0.4 is 11.5 Å². The standard InChI is InChI=1S/C12H16N2O4/c13-12(14,7-6-10(15)16)11(17)18-8-9-4-2-1-3-5-9/h1-5H,6-8,13-14H2,(H,15,16). The van der Waals surface area contributed by atoms with E-state index >= 15 is 0 Å². The number of rotatable bonds is 6. The van der Waals surface area contributed by atoms with Crippen molar-refractivity contribution in [1.29, 1.82) is 0 Å². The molecule has 0 amide bonds. The van der Waals surface area contributed by atoms with E-state index in [1.807, 2.05) is 18.2 Å². The van der Waals surface area contributed by atoms with Crippen LogP contribution in [0.2, 0.25) is 0 Å². The van der Waals surface area contributed by atoms with Crippen molar-refractivity contribution in [2.45, 2.75) is 25.1 Å². The molecule has 98 valence electrons. The summed E-state index contributed by atoms with van der Waals surface area (Å²) in [6.07, 6.45) is -0.455. The van der Waals surface area contributed by atoms with E-state index in [0.717, 1.165) is 5.56 Å². The van der Waals surface area contributed by atoms with Gasteiger partial charge in [0.15, 0.2) is 5.66 Å². The quantitative estimate of drug-likeness (QED) is 0.492. The molecule has 0 unspecified atom stereocenters. The monoisotopic (exact) mass is 252 g/mol. The zero-order valence-electron chi connectivity index (χ0n) is 9.83. The van der Waals surface area contributed by atoms with Gasteiger partial charge in [-0.05, 0) is 12.0 Å². The van der Waals surface area contributed by atoms with E-state index < -0.39 is 17.6 Å². The minimum absolute atomic E-state index is 0.0584. The van der Waals surface area contributed by atoms with E-state index in [2.05, 4.69) is 0 Å². The molecule has 1 aromatic rings. The molecule has 5 N–H and O–H groups in total. The second kappa shape index (κ2) is 6.13. The molecule has 1 aromatic carbocycles. The largest absolute Gasteiger partial charge is 0.481 e. The molecule has 1 rings (SSSR count).